The number of fused-ring (bicyclic) bond motifs is 1. The van der Waals surface area contributed by atoms with Gasteiger partial charge in [0.15, 0.2) is 16.6 Å². The summed E-state index contributed by atoms with van der Waals surface area (Å²) in [6, 6.07) is 3.18. The van der Waals surface area contributed by atoms with Crippen LogP contribution < -0.4 is 24.8 Å². The fourth-order valence-corrected chi connectivity index (χ4v) is 2.98. The molecule has 2 N–H and O–H groups in total. The molecule has 0 fully saturated rings. The standard InChI is InChI=1S/C18H21N3O5S/c1-18(2,3)10-13(22)20-11-4-5-12(15-14(11)24-7-8-25-15)26-17(23)21-16-19-6-9-27-16/h4-6,9H,7-8,10H2,1-3H3,(H,20,22)(H,19,21,23). The van der Waals surface area contributed by atoms with Gasteiger partial charge in [-0.1, -0.05) is 20.8 Å². The number of nitrogens with zero attached hydrogens (tertiary/aromatic N) is 1. The van der Waals surface area contributed by atoms with Gasteiger partial charge >= 0.3 is 6.09 Å². The van der Waals surface area contributed by atoms with E-state index in [-0.39, 0.29) is 22.8 Å². The normalized spacial score (nSPS) is 13.0. The highest BCUT2D eigenvalue weighted by atomic mass is 32.1. The summed E-state index contributed by atoms with van der Waals surface area (Å²) in [5.74, 6) is 0.703. The number of carbonyl (C=O) groups excluding carboxylic acids is 2. The Balaban J connectivity index is 1.77. The van der Waals surface area contributed by atoms with Gasteiger partial charge in [-0.25, -0.2) is 9.78 Å². The topological polar surface area (TPSA) is 98.8 Å². The van der Waals surface area contributed by atoms with Gasteiger partial charge in [-0.2, -0.15) is 0 Å². The van der Waals surface area contributed by atoms with E-state index in [2.05, 4.69) is 15.6 Å². The van der Waals surface area contributed by atoms with Crippen LogP contribution >= 0.6 is 11.3 Å². The molecule has 0 saturated carbocycles. The van der Waals surface area contributed by atoms with Crippen LogP contribution in [0.15, 0.2) is 23.7 Å². The molecule has 1 aliphatic rings. The maximum Gasteiger partial charge on any atom is 0.419 e. The molecular weight excluding hydrogens is 370 g/mol. The highest BCUT2D eigenvalue weighted by molar-refractivity contribution is 7.13. The van der Waals surface area contributed by atoms with E-state index in [9.17, 15) is 9.59 Å². The predicted octanol–water partition coefficient (Wildman–Crippen LogP) is 3.90. The summed E-state index contributed by atoms with van der Waals surface area (Å²) in [4.78, 5) is 28.3. The van der Waals surface area contributed by atoms with Crippen molar-refractivity contribution < 1.29 is 23.8 Å². The maximum absolute atomic E-state index is 12.2. The van der Waals surface area contributed by atoms with Crippen LogP contribution in [0.3, 0.4) is 0 Å². The minimum absolute atomic E-state index is 0.131. The van der Waals surface area contributed by atoms with Gasteiger partial charge in [0, 0.05) is 18.0 Å². The predicted molar refractivity (Wildman–Crippen MR) is 102 cm³/mol. The van der Waals surface area contributed by atoms with Gasteiger partial charge in [0.25, 0.3) is 0 Å². The minimum Gasteiger partial charge on any atom is -0.484 e. The summed E-state index contributed by atoms with van der Waals surface area (Å²) < 4.78 is 16.6. The molecule has 3 rings (SSSR count). The molecule has 1 aromatic carbocycles. The zero-order valence-corrected chi connectivity index (χ0v) is 16.1. The van der Waals surface area contributed by atoms with Gasteiger partial charge < -0.3 is 19.5 Å². The van der Waals surface area contributed by atoms with E-state index in [1.165, 1.54) is 11.3 Å². The highest BCUT2D eigenvalue weighted by Gasteiger charge is 2.25. The van der Waals surface area contributed by atoms with E-state index >= 15 is 0 Å². The molecular formula is C18H21N3O5S. The van der Waals surface area contributed by atoms with Gasteiger partial charge in [0.1, 0.15) is 13.2 Å². The molecule has 0 spiro atoms. The Morgan fingerprint density at radius 3 is 2.59 bits per heavy atom. The van der Waals surface area contributed by atoms with Crippen molar-refractivity contribution in [3.63, 3.8) is 0 Å². The van der Waals surface area contributed by atoms with Crippen LogP contribution in [0, 0.1) is 5.41 Å². The fraction of sp³-hybridized carbons (Fsp3) is 0.389. The Hall–Kier alpha value is -2.81. The first kappa shape index (κ1) is 19.0. The van der Waals surface area contributed by atoms with Crippen molar-refractivity contribution in [3.8, 4) is 17.2 Å². The van der Waals surface area contributed by atoms with Crippen molar-refractivity contribution in [2.45, 2.75) is 27.2 Å². The summed E-state index contributed by atoms with van der Waals surface area (Å²) in [5, 5.41) is 7.53. The Morgan fingerprint density at radius 1 is 1.19 bits per heavy atom. The highest BCUT2D eigenvalue weighted by Crippen LogP contribution is 2.45. The third-order valence-corrected chi connectivity index (χ3v) is 4.15. The van der Waals surface area contributed by atoms with Gasteiger partial charge in [0.05, 0.1) is 5.69 Å². The van der Waals surface area contributed by atoms with Crippen LogP contribution in [0.1, 0.15) is 27.2 Å². The number of benzene rings is 1. The largest absolute Gasteiger partial charge is 0.484 e. The molecule has 9 heteroatoms. The van der Waals surface area contributed by atoms with E-state index in [0.29, 0.717) is 36.2 Å². The zero-order chi connectivity index (χ0) is 19.4. The van der Waals surface area contributed by atoms with Crippen LogP contribution in [0.25, 0.3) is 0 Å². The Labute approximate surface area is 160 Å². The quantitative estimate of drug-likeness (QED) is 0.820. The second kappa shape index (κ2) is 7.83. The molecule has 1 aromatic heterocycles. The van der Waals surface area contributed by atoms with E-state index in [1.807, 2.05) is 20.8 Å². The lowest BCUT2D eigenvalue weighted by Crippen LogP contribution is -2.23. The molecule has 1 aliphatic heterocycles. The van der Waals surface area contributed by atoms with Gasteiger partial charge in [-0.3, -0.25) is 10.1 Å². The minimum atomic E-state index is -0.689. The lowest BCUT2D eigenvalue weighted by atomic mass is 9.92. The smallest absolute Gasteiger partial charge is 0.419 e. The SMILES string of the molecule is CC(C)(C)CC(=O)Nc1ccc(OC(=O)Nc2nccs2)c2c1OCCO2. The Morgan fingerprint density at radius 2 is 1.93 bits per heavy atom. The van der Waals surface area contributed by atoms with Crippen LogP contribution in [0.4, 0.5) is 15.6 Å². The lowest BCUT2D eigenvalue weighted by molar-refractivity contribution is -0.117. The summed E-state index contributed by atoms with van der Waals surface area (Å²) in [7, 11) is 0. The molecule has 2 amide bonds. The van der Waals surface area contributed by atoms with Crippen LogP contribution in [0.2, 0.25) is 0 Å². The second-order valence-corrected chi connectivity index (χ2v) is 8.00. The average Bonchev–Trinajstić information content (AvgIpc) is 3.08. The van der Waals surface area contributed by atoms with Crippen molar-refractivity contribution in [2.75, 3.05) is 23.8 Å². The number of nitrogens with one attached hydrogen (secondary N) is 2. The molecule has 0 unspecified atom stereocenters. The van der Waals surface area contributed by atoms with Crippen molar-refractivity contribution in [2.24, 2.45) is 5.41 Å². The molecule has 0 aliphatic carbocycles. The van der Waals surface area contributed by atoms with E-state index < -0.39 is 6.09 Å². The molecule has 0 saturated heterocycles. The van der Waals surface area contributed by atoms with E-state index in [0.717, 1.165) is 0 Å². The first-order valence-corrected chi connectivity index (χ1v) is 9.30. The third-order valence-electron chi connectivity index (χ3n) is 3.46. The number of hydrogen-bond donors (Lipinski definition) is 2. The first-order valence-electron chi connectivity index (χ1n) is 8.42. The molecule has 0 atom stereocenters. The number of hydrogen-bond acceptors (Lipinski definition) is 7. The van der Waals surface area contributed by atoms with Crippen molar-refractivity contribution in [1.29, 1.82) is 0 Å². The number of ether oxygens (including phenoxy) is 3. The molecule has 144 valence electrons. The zero-order valence-electron chi connectivity index (χ0n) is 15.3. The summed E-state index contributed by atoms with van der Waals surface area (Å²) in [5.41, 5.74) is 0.338. The number of carbonyl (C=O) groups is 2. The third kappa shape index (κ3) is 5.10. The monoisotopic (exact) mass is 391 g/mol. The van der Waals surface area contributed by atoms with Crippen molar-refractivity contribution >= 4 is 34.2 Å². The molecule has 27 heavy (non-hydrogen) atoms. The van der Waals surface area contributed by atoms with Crippen molar-refractivity contribution in [3.05, 3.63) is 23.7 Å². The van der Waals surface area contributed by atoms with Crippen LogP contribution in [0.5, 0.6) is 17.2 Å². The summed E-state index contributed by atoms with van der Waals surface area (Å²) in [6.07, 6.45) is 1.25. The first-order chi connectivity index (χ1) is 12.8. The van der Waals surface area contributed by atoms with E-state index in [4.69, 9.17) is 14.2 Å². The molecule has 0 radical (unpaired) electrons. The Bertz CT molecular complexity index is 830. The number of rotatable bonds is 4. The molecule has 2 aromatic rings. The fourth-order valence-electron chi connectivity index (χ4n) is 2.46. The average molecular weight is 391 g/mol. The van der Waals surface area contributed by atoms with Gasteiger partial charge in [-0.15, -0.1) is 11.3 Å². The molecule has 8 nitrogen and oxygen atoms in total. The number of amides is 2. The van der Waals surface area contributed by atoms with Crippen molar-refractivity contribution in [1.82, 2.24) is 4.98 Å². The second-order valence-electron chi connectivity index (χ2n) is 7.10. The van der Waals surface area contributed by atoms with Gasteiger partial charge in [-0.05, 0) is 17.5 Å². The number of thiazole rings is 1. The number of aromatic nitrogens is 1. The van der Waals surface area contributed by atoms with E-state index in [1.54, 1.807) is 23.7 Å². The molecule has 2 heterocycles. The van der Waals surface area contributed by atoms with Crippen LogP contribution in [-0.4, -0.2) is 30.2 Å². The Kier molecular flexibility index (Phi) is 5.50. The van der Waals surface area contributed by atoms with Gasteiger partial charge in [0.2, 0.25) is 11.7 Å². The summed E-state index contributed by atoms with van der Waals surface area (Å²) >= 11 is 1.28. The van der Waals surface area contributed by atoms with Crippen LogP contribution in [-0.2, 0) is 4.79 Å². The number of anilines is 2. The molecule has 0 bridgehead atoms. The summed E-state index contributed by atoms with van der Waals surface area (Å²) in [6.45, 7) is 6.61. The lowest BCUT2D eigenvalue weighted by Gasteiger charge is -2.24. The maximum atomic E-state index is 12.2.